The Morgan fingerprint density at radius 1 is 1.31 bits per heavy atom. The minimum Gasteiger partial charge on any atom is -0.498 e. The summed E-state index contributed by atoms with van der Waals surface area (Å²) < 4.78 is 5.78. The van der Waals surface area contributed by atoms with E-state index in [0.29, 0.717) is 31.3 Å². The Morgan fingerprint density at radius 2 is 2.07 bits per heavy atom. The summed E-state index contributed by atoms with van der Waals surface area (Å²) in [5.74, 6) is 1.02. The van der Waals surface area contributed by atoms with Crippen LogP contribution in [0.15, 0.2) is 23.5 Å². The lowest BCUT2D eigenvalue weighted by molar-refractivity contribution is -0.170. The van der Waals surface area contributed by atoms with Crippen molar-refractivity contribution in [3.05, 3.63) is 23.5 Å². The van der Waals surface area contributed by atoms with Gasteiger partial charge in [0.05, 0.1) is 24.1 Å². The molecule has 4 aliphatic carbocycles. The number of ether oxygens (including phenoxy) is 1. The van der Waals surface area contributed by atoms with Gasteiger partial charge in [-0.1, -0.05) is 19.9 Å². The highest BCUT2D eigenvalue weighted by atomic mass is 16.5. The first-order valence-corrected chi connectivity index (χ1v) is 11.3. The average molecular weight is 405 g/mol. The lowest BCUT2D eigenvalue weighted by Gasteiger charge is -2.60. The van der Waals surface area contributed by atoms with Crippen LogP contribution in [0.25, 0.3) is 0 Å². The fourth-order valence-corrected chi connectivity index (χ4v) is 7.55. The van der Waals surface area contributed by atoms with Gasteiger partial charge in [-0.3, -0.25) is 4.79 Å². The monoisotopic (exact) mass is 404 g/mol. The van der Waals surface area contributed by atoms with E-state index in [0.717, 1.165) is 31.4 Å². The van der Waals surface area contributed by atoms with Crippen LogP contribution in [-0.4, -0.2) is 39.6 Å². The molecule has 5 nitrogen and oxygen atoms in total. The van der Waals surface area contributed by atoms with E-state index < -0.39 is 23.1 Å². The third-order valence-electron chi connectivity index (χ3n) is 9.07. The second-order valence-corrected chi connectivity index (χ2v) is 10.3. The Bertz CT molecular complexity index is 742. The molecule has 162 valence electrons. The zero-order chi connectivity index (χ0) is 21.0. The normalized spacial score (nSPS) is 46.1. The number of allylic oxidation sites excluding steroid dienone is 4. The molecule has 0 aliphatic heterocycles. The molecule has 1 unspecified atom stereocenters. The highest BCUT2D eigenvalue weighted by Crippen LogP contribution is 2.67. The molecular weight excluding hydrogens is 368 g/mol. The highest BCUT2D eigenvalue weighted by Gasteiger charge is 2.65. The summed E-state index contributed by atoms with van der Waals surface area (Å²) in [7, 11) is 0. The first-order chi connectivity index (χ1) is 13.6. The van der Waals surface area contributed by atoms with Crippen LogP contribution in [0.2, 0.25) is 0 Å². The highest BCUT2D eigenvalue weighted by molar-refractivity contribution is 5.66. The molecule has 7 atom stereocenters. The van der Waals surface area contributed by atoms with Gasteiger partial charge in [-0.25, -0.2) is 0 Å². The lowest BCUT2D eigenvalue weighted by atomic mass is 9.46. The predicted molar refractivity (Wildman–Crippen MR) is 110 cm³/mol. The number of fused-ring (bicyclic) bond motifs is 5. The molecule has 0 bridgehead atoms. The number of carboxylic acid groups (broad SMARTS) is 1. The third-order valence-corrected chi connectivity index (χ3v) is 9.07. The Kier molecular flexibility index (Phi) is 5.14. The van der Waals surface area contributed by atoms with Crippen molar-refractivity contribution in [1.29, 1.82) is 0 Å². The first-order valence-electron chi connectivity index (χ1n) is 11.3. The summed E-state index contributed by atoms with van der Waals surface area (Å²) in [4.78, 5) is 11.1. The van der Waals surface area contributed by atoms with Crippen LogP contribution >= 0.6 is 0 Å². The van der Waals surface area contributed by atoms with E-state index in [4.69, 9.17) is 9.84 Å². The molecule has 29 heavy (non-hydrogen) atoms. The molecule has 0 aromatic rings. The fourth-order valence-electron chi connectivity index (χ4n) is 7.55. The van der Waals surface area contributed by atoms with Gasteiger partial charge in [-0.15, -0.1) is 0 Å². The average Bonchev–Trinajstić information content (AvgIpc) is 2.91. The number of hydrogen-bond acceptors (Lipinski definition) is 4. The Labute approximate surface area is 173 Å². The zero-order valence-corrected chi connectivity index (χ0v) is 18.0. The summed E-state index contributed by atoms with van der Waals surface area (Å²) in [6.45, 7) is 7.09. The molecule has 3 N–H and O–H groups in total. The topological polar surface area (TPSA) is 87.0 Å². The molecule has 0 saturated heterocycles. The Morgan fingerprint density at radius 3 is 2.76 bits per heavy atom. The maximum absolute atomic E-state index is 11.5. The molecule has 4 aliphatic rings. The SMILES string of the molecule is CCOC1=CC2=CC[C@@H]3[C@H](C(O)C[C@@]4(C)[C@H]3CC[C@]4(O)CCC(=O)O)[C@@]2(C)CC1. The van der Waals surface area contributed by atoms with Crippen molar-refractivity contribution in [3.63, 3.8) is 0 Å². The van der Waals surface area contributed by atoms with Crippen LogP contribution in [0.5, 0.6) is 0 Å². The van der Waals surface area contributed by atoms with Gasteiger partial charge in [0.15, 0.2) is 0 Å². The smallest absolute Gasteiger partial charge is 0.303 e. The van der Waals surface area contributed by atoms with E-state index in [2.05, 4.69) is 26.0 Å². The van der Waals surface area contributed by atoms with E-state index in [1.165, 1.54) is 5.57 Å². The molecule has 0 heterocycles. The van der Waals surface area contributed by atoms with Crippen molar-refractivity contribution >= 4 is 5.97 Å². The maximum Gasteiger partial charge on any atom is 0.303 e. The van der Waals surface area contributed by atoms with Gasteiger partial charge in [0.25, 0.3) is 0 Å². The third kappa shape index (κ3) is 3.07. The largest absolute Gasteiger partial charge is 0.498 e. The number of aliphatic carboxylic acids is 1. The van der Waals surface area contributed by atoms with E-state index in [1.54, 1.807) is 0 Å². The molecule has 5 heteroatoms. The molecule has 2 saturated carbocycles. The first kappa shape index (κ1) is 20.9. The number of aliphatic hydroxyl groups excluding tert-OH is 1. The summed E-state index contributed by atoms with van der Waals surface area (Å²) in [5, 5.41) is 32.0. The summed E-state index contributed by atoms with van der Waals surface area (Å²) in [6, 6.07) is 0. The molecule has 0 aromatic heterocycles. The summed E-state index contributed by atoms with van der Waals surface area (Å²) >= 11 is 0. The molecule has 4 rings (SSSR count). The van der Waals surface area contributed by atoms with Gasteiger partial charge < -0.3 is 20.1 Å². The maximum atomic E-state index is 11.5. The van der Waals surface area contributed by atoms with E-state index in [1.807, 2.05) is 6.92 Å². The van der Waals surface area contributed by atoms with Gasteiger partial charge in [0, 0.05) is 18.3 Å². The van der Waals surface area contributed by atoms with Crippen LogP contribution in [0.1, 0.15) is 72.1 Å². The minimum atomic E-state index is -0.999. The quantitative estimate of drug-likeness (QED) is 0.644. The number of hydrogen-bond donors (Lipinski definition) is 3. The van der Waals surface area contributed by atoms with Gasteiger partial charge in [-0.2, -0.15) is 0 Å². The predicted octanol–water partition coefficient (Wildman–Crippen LogP) is 4.05. The molecule has 0 aromatic carbocycles. The van der Waals surface area contributed by atoms with Crippen molar-refractivity contribution in [3.8, 4) is 0 Å². The second kappa shape index (κ2) is 7.12. The lowest BCUT2D eigenvalue weighted by Crippen LogP contribution is -2.59. The second-order valence-electron chi connectivity index (χ2n) is 10.3. The molecule has 0 amide bonds. The van der Waals surface area contributed by atoms with Crippen molar-refractivity contribution in [2.45, 2.75) is 83.8 Å². The molecule has 2 fully saturated rings. The minimum absolute atomic E-state index is 0.0181. The van der Waals surface area contributed by atoms with Gasteiger partial charge in [-0.05, 0) is 80.3 Å². The number of aliphatic hydroxyl groups is 2. The fraction of sp³-hybridized carbons (Fsp3) is 0.792. The standard InChI is InChI=1S/C24H36O5/c1-4-29-16-7-10-22(2)15(13-16)5-6-17-18-8-11-24(28,12-9-20(26)27)23(18,3)14-19(25)21(17)22/h5,13,17-19,21,25,28H,4,6-12,14H2,1-3H3,(H,26,27)/t17-,18-,19?,21+,22-,23-,24-/m0/s1. The Balaban J connectivity index is 1.65. The molecular formula is C24H36O5. The van der Waals surface area contributed by atoms with E-state index in [-0.39, 0.29) is 24.2 Å². The van der Waals surface area contributed by atoms with Gasteiger partial charge in [0.1, 0.15) is 0 Å². The van der Waals surface area contributed by atoms with Gasteiger partial charge >= 0.3 is 5.97 Å². The van der Waals surface area contributed by atoms with Gasteiger partial charge in [0.2, 0.25) is 0 Å². The molecule has 0 spiro atoms. The van der Waals surface area contributed by atoms with E-state index in [9.17, 15) is 15.0 Å². The van der Waals surface area contributed by atoms with Crippen molar-refractivity contribution in [2.75, 3.05) is 6.61 Å². The van der Waals surface area contributed by atoms with Crippen molar-refractivity contribution < 1.29 is 24.9 Å². The molecule has 0 radical (unpaired) electrons. The Hall–Kier alpha value is -1.33. The summed E-state index contributed by atoms with van der Waals surface area (Å²) in [5.41, 5.74) is -0.186. The summed E-state index contributed by atoms with van der Waals surface area (Å²) in [6.07, 6.45) is 9.22. The van der Waals surface area contributed by atoms with Crippen molar-refractivity contribution in [1.82, 2.24) is 0 Å². The number of carbonyl (C=O) groups is 1. The number of carboxylic acids is 1. The van der Waals surface area contributed by atoms with Crippen molar-refractivity contribution in [2.24, 2.45) is 28.6 Å². The number of rotatable bonds is 5. The van der Waals surface area contributed by atoms with Crippen LogP contribution in [0.4, 0.5) is 0 Å². The van der Waals surface area contributed by atoms with Crippen LogP contribution < -0.4 is 0 Å². The van der Waals surface area contributed by atoms with Crippen LogP contribution in [0, 0.1) is 28.6 Å². The van der Waals surface area contributed by atoms with E-state index >= 15 is 0 Å². The zero-order valence-electron chi connectivity index (χ0n) is 18.0. The van der Waals surface area contributed by atoms with Crippen LogP contribution in [-0.2, 0) is 9.53 Å². The van der Waals surface area contributed by atoms with Crippen LogP contribution in [0.3, 0.4) is 0 Å².